The molecule has 0 aromatic heterocycles. The van der Waals surface area contributed by atoms with Crippen molar-refractivity contribution in [1.82, 2.24) is 5.32 Å². The number of hydrogen-bond donors (Lipinski definition) is 2. The molecular formula is C13H22N2O2. The first-order valence-corrected chi connectivity index (χ1v) is 5.91. The maximum Gasteiger partial charge on any atom is 0.119 e. The van der Waals surface area contributed by atoms with E-state index in [-0.39, 0.29) is 6.10 Å². The molecule has 0 bridgehead atoms. The normalized spacial score (nSPS) is 12.2. The first-order chi connectivity index (χ1) is 8.17. The second-order valence-electron chi connectivity index (χ2n) is 4.04. The molecule has 0 heterocycles. The van der Waals surface area contributed by atoms with Gasteiger partial charge in [0.1, 0.15) is 5.75 Å². The van der Waals surface area contributed by atoms with Gasteiger partial charge in [0.25, 0.3) is 0 Å². The van der Waals surface area contributed by atoms with Crippen LogP contribution in [0.1, 0.15) is 6.92 Å². The minimum atomic E-state index is -0.359. The summed E-state index contributed by atoms with van der Waals surface area (Å²) in [6.45, 7) is 4.14. The maximum atomic E-state index is 9.78. The lowest BCUT2D eigenvalue weighted by atomic mass is 10.2. The molecule has 4 heteroatoms. The van der Waals surface area contributed by atoms with E-state index in [0.29, 0.717) is 13.1 Å². The van der Waals surface area contributed by atoms with Crippen LogP contribution in [0.15, 0.2) is 24.3 Å². The van der Waals surface area contributed by atoms with Crippen molar-refractivity contribution in [3.8, 4) is 5.75 Å². The van der Waals surface area contributed by atoms with E-state index in [1.807, 2.05) is 43.1 Å². The van der Waals surface area contributed by atoms with Crippen molar-refractivity contribution in [3.63, 3.8) is 0 Å². The molecule has 1 aromatic rings. The van der Waals surface area contributed by atoms with Crippen molar-refractivity contribution in [3.05, 3.63) is 24.3 Å². The summed E-state index contributed by atoms with van der Waals surface area (Å²) in [5, 5.41) is 12.9. The summed E-state index contributed by atoms with van der Waals surface area (Å²) in [6, 6.07) is 7.81. The summed E-state index contributed by atoms with van der Waals surface area (Å²) in [6.07, 6.45) is -0.359. The van der Waals surface area contributed by atoms with Gasteiger partial charge in [-0.1, -0.05) is 6.92 Å². The number of aliphatic hydroxyl groups excluding tert-OH is 1. The Kier molecular flexibility index (Phi) is 5.80. The molecule has 0 saturated heterocycles. The molecule has 0 amide bonds. The van der Waals surface area contributed by atoms with Gasteiger partial charge in [0.15, 0.2) is 0 Å². The van der Waals surface area contributed by atoms with Crippen LogP contribution < -0.4 is 15.0 Å². The summed E-state index contributed by atoms with van der Waals surface area (Å²) in [4.78, 5) is 2.03. The van der Waals surface area contributed by atoms with Crippen LogP contribution in [0.5, 0.6) is 5.75 Å². The van der Waals surface area contributed by atoms with Crippen molar-refractivity contribution in [2.75, 3.05) is 38.7 Å². The van der Waals surface area contributed by atoms with Crippen LogP contribution in [0, 0.1) is 0 Å². The number of anilines is 1. The van der Waals surface area contributed by atoms with E-state index >= 15 is 0 Å². The lowest BCUT2D eigenvalue weighted by Gasteiger charge is -2.23. The summed E-state index contributed by atoms with van der Waals surface area (Å²) in [7, 11) is 3.62. The summed E-state index contributed by atoms with van der Waals surface area (Å²) in [5.41, 5.74) is 1.07. The Labute approximate surface area is 103 Å². The molecule has 2 N–H and O–H groups in total. The second kappa shape index (κ2) is 7.14. The lowest BCUT2D eigenvalue weighted by molar-refractivity contribution is 0.179. The van der Waals surface area contributed by atoms with Crippen molar-refractivity contribution in [2.45, 2.75) is 13.0 Å². The molecule has 17 heavy (non-hydrogen) atoms. The average Bonchev–Trinajstić information content (AvgIpc) is 2.36. The largest absolute Gasteiger partial charge is 0.497 e. The van der Waals surface area contributed by atoms with Gasteiger partial charge in [-0.2, -0.15) is 0 Å². The van der Waals surface area contributed by atoms with E-state index in [1.165, 1.54) is 0 Å². The van der Waals surface area contributed by atoms with Crippen LogP contribution in [0.4, 0.5) is 5.69 Å². The first-order valence-electron chi connectivity index (χ1n) is 5.91. The third-order valence-electron chi connectivity index (χ3n) is 2.63. The molecule has 0 aliphatic rings. The molecule has 1 rings (SSSR count). The molecule has 0 fully saturated rings. The Morgan fingerprint density at radius 1 is 1.35 bits per heavy atom. The van der Waals surface area contributed by atoms with E-state index in [0.717, 1.165) is 18.0 Å². The van der Waals surface area contributed by atoms with Crippen LogP contribution in [-0.4, -0.2) is 45.0 Å². The topological polar surface area (TPSA) is 44.7 Å². The van der Waals surface area contributed by atoms with Gasteiger partial charge in [-0.05, 0) is 30.8 Å². The molecule has 0 aliphatic heterocycles. The fourth-order valence-electron chi connectivity index (χ4n) is 1.63. The first kappa shape index (κ1) is 13.8. The van der Waals surface area contributed by atoms with E-state index in [2.05, 4.69) is 5.32 Å². The summed E-state index contributed by atoms with van der Waals surface area (Å²) in [5.74, 6) is 0.843. The Morgan fingerprint density at radius 3 is 2.53 bits per heavy atom. The molecule has 1 atom stereocenters. The van der Waals surface area contributed by atoms with Crippen molar-refractivity contribution in [2.24, 2.45) is 0 Å². The number of aliphatic hydroxyl groups is 1. The van der Waals surface area contributed by atoms with E-state index in [4.69, 9.17) is 4.74 Å². The highest BCUT2D eigenvalue weighted by molar-refractivity contribution is 5.48. The third-order valence-corrected chi connectivity index (χ3v) is 2.63. The van der Waals surface area contributed by atoms with Crippen LogP contribution in [0.25, 0.3) is 0 Å². The van der Waals surface area contributed by atoms with Crippen LogP contribution >= 0.6 is 0 Å². The van der Waals surface area contributed by atoms with Crippen LogP contribution in [0.2, 0.25) is 0 Å². The van der Waals surface area contributed by atoms with E-state index in [1.54, 1.807) is 7.11 Å². The molecule has 1 aromatic carbocycles. The molecule has 0 spiro atoms. The lowest BCUT2D eigenvalue weighted by Crippen LogP contribution is -2.36. The second-order valence-corrected chi connectivity index (χ2v) is 4.04. The number of hydrogen-bond acceptors (Lipinski definition) is 4. The molecule has 96 valence electrons. The number of nitrogens with zero attached hydrogens (tertiary/aromatic N) is 1. The maximum absolute atomic E-state index is 9.78. The summed E-state index contributed by atoms with van der Waals surface area (Å²) < 4.78 is 5.11. The number of benzene rings is 1. The molecule has 0 radical (unpaired) electrons. The van der Waals surface area contributed by atoms with Crippen LogP contribution in [0.3, 0.4) is 0 Å². The number of nitrogens with one attached hydrogen (secondary N) is 1. The van der Waals surface area contributed by atoms with Gasteiger partial charge < -0.3 is 20.1 Å². The van der Waals surface area contributed by atoms with Gasteiger partial charge in [-0.15, -0.1) is 0 Å². The smallest absolute Gasteiger partial charge is 0.119 e. The fourth-order valence-corrected chi connectivity index (χ4v) is 1.63. The third kappa shape index (κ3) is 4.63. The van der Waals surface area contributed by atoms with Crippen LogP contribution in [-0.2, 0) is 0 Å². The van der Waals surface area contributed by atoms with Gasteiger partial charge >= 0.3 is 0 Å². The highest BCUT2D eigenvalue weighted by atomic mass is 16.5. The SMILES string of the molecule is CCNCC(O)CN(C)c1ccc(OC)cc1. The standard InChI is InChI=1S/C13H22N2O2/c1-4-14-9-12(16)10-15(2)11-5-7-13(17-3)8-6-11/h5-8,12,14,16H,4,9-10H2,1-3H3. The van der Waals surface area contributed by atoms with Crippen molar-refractivity contribution < 1.29 is 9.84 Å². The molecule has 0 aliphatic carbocycles. The van der Waals surface area contributed by atoms with E-state index < -0.39 is 0 Å². The number of ether oxygens (including phenoxy) is 1. The molecule has 4 nitrogen and oxygen atoms in total. The number of rotatable bonds is 7. The van der Waals surface area contributed by atoms with Gasteiger partial charge in [-0.3, -0.25) is 0 Å². The van der Waals surface area contributed by atoms with Gasteiger partial charge in [0.2, 0.25) is 0 Å². The Bertz CT molecular complexity index is 314. The quantitative estimate of drug-likeness (QED) is 0.747. The Hall–Kier alpha value is -1.26. The molecule has 0 saturated carbocycles. The highest BCUT2D eigenvalue weighted by Crippen LogP contribution is 2.18. The Morgan fingerprint density at radius 2 is 2.00 bits per heavy atom. The van der Waals surface area contributed by atoms with Crippen molar-refractivity contribution in [1.29, 1.82) is 0 Å². The zero-order valence-electron chi connectivity index (χ0n) is 10.8. The monoisotopic (exact) mass is 238 g/mol. The highest BCUT2D eigenvalue weighted by Gasteiger charge is 2.08. The number of likely N-dealkylation sites (N-methyl/N-ethyl adjacent to an activating group) is 2. The minimum absolute atomic E-state index is 0.359. The fraction of sp³-hybridized carbons (Fsp3) is 0.538. The summed E-state index contributed by atoms with van der Waals surface area (Å²) >= 11 is 0. The molecule has 1 unspecified atom stereocenters. The average molecular weight is 238 g/mol. The number of methoxy groups -OCH3 is 1. The zero-order valence-corrected chi connectivity index (χ0v) is 10.8. The predicted octanol–water partition coefficient (Wildman–Crippen LogP) is 1.10. The van der Waals surface area contributed by atoms with Gasteiger partial charge in [0, 0.05) is 25.8 Å². The minimum Gasteiger partial charge on any atom is -0.497 e. The van der Waals surface area contributed by atoms with E-state index in [9.17, 15) is 5.11 Å². The van der Waals surface area contributed by atoms with Gasteiger partial charge in [-0.25, -0.2) is 0 Å². The molecular weight excluding hydrogens is 216 g/mol. The Balaban J connectivity index is 2.47. The van der Waals surface area contributed by atoms with Gasteiger partial charge in [0.05, 0.1) is 13.2 Å². The van der Waals surface area contributed by atoms with Crippen molar-refractivity contribution >= 4 is 5.69 Å². The zero-order chi connectivity index (χ0) is 12.7. The predicted molar refractivity (Wildman–Crippen MR) is 70.8 cm³/mol.